The highest BCUT2D eigenvalue weighted by Crippen LogP contribution is 2.26. The molecule has 2 rings (SSSR count). The van der Waals surface area contributed by atoms with E-state index >= 15 is 0 Å². The van der Waals surface area contributed by atoms with E-state index in [9.17, 15) is 8.42 Å². The van der Waals surface area contributed by atoms with Gasteiger partial charge in [0.25, 0.3) is 10.0 Å². The minimum Gasteiger partial charge on any atom is -0.254 e. The van der Waals surface area contributed by atoms with Gasteiger partial charge in [-0.25, -0.2) is 12.4 Å². The van der Waals surface area contributed by atoms with Gasteiger partial charge in [-0.15, -0.1) is 29.7 Å². The summed E-state index contributed by atoms with van der Waals surface area (Å²) in [6, 6.07) is 6.86. The maximum Gasteiger partial charge on any atom is 0.270 e. The van der Waals surface area contributed by atoms with Gasteiger partial charge in [0.05, 0.1) is 11.4 Å². The monoisotopic (exact) mass is 354 g/mol. The summed E-state index contributed by atoms with van der Waals surface area (Å²) in [5.74, 6) is 0. The van der Waals surface area contributed by atoms with Crippen LogP contribution in [-0.2, 0) is 10.0 Å². The van der Waals surface area contributed by atoms with Crippen molar-refractivity contribution in [2.24, 2.45) is 4.99 Å². The molecule has 0 atom stereocenters. The van der Waals surface area contributed by atoms with E-state index in [0.717, 1.165) is 10.4 Å². The zero-order valence-corrected chi connectivity index (χ0v) is 15.2. The van der Waals surface area contributed by atoms with Gasteiger partial charge in [-0.05, 0) is 32.2 Å². The van der Waals surface area contributed by atoms with Crippen LogP contribution >= 0.6 is 23.1 Å². The van der Waals surface area contributed by atoms with E-state index in [1.165, 1.54) is 27.1 Å². The minimum absolute atomic E-state index is 0.270. The molecule has 0 aliphatic rings. The fourth-order valence-corrected chi connectivity index (χ4v) is 5.97. The molecular formula is C15H18N2O2S3. The van der Waals surface area contributed by atoms with E-state index in [4.69, 9.17) is 0 Å². The summed E-state index contributed by atoms with van der Waals surface area (Å²) >= 11 is 2.79. The minimum atomic E-state index is -3.66. The van der Waals surface area contributed by atoms with Gasteiger partial charge in [0.15, 0.2) is 0 Å². The van der Waals surface area contributed by atoms with Crippen molar-refractivity contribution in [1.29, 1.82) is 0 Å². The Kier molecular flexibility index (Phi) is 5.31. The third kappa shape index (κ3) is 3.21. The first-order valence-corrected chi connectivity index (χ1v) is 10.1. The summed E-state index contributed by atoms with van der Waals surface area (Å²) in [5.41, 5.74) is 1.02. The first-order chi connectivity index (χ1) is 10.4. The van der Waals surface area contributed by atoms with E-state index in [1.807, 2.05) is 20.1 Å². The van der Waals surface area contributed by atoms with Crippen molar-refractivity contribution in [2.45, 2.75) is 23.8 Å². The van der Waals surface area contributed by atoms with Gasteiger partial charge in [0.2, 0.25) is 4.80 Å². The number of thiazole rings is 1. The molecule has 1 aromatic carbocycles. The summed E-state index contributed by atoms with van der Waals surface area (Å²) in [6.07, 6.45) is 3.52. The Morgan fingerprint density at radius 3 is 2.50 bits per heavy atom. The molecule has 0 bridgehead atoms. The summed E-state index contributed by atoms with van der Waals surface area (Å²) in [5, 5.41) is 0.702. The van der Waals surface area contributed by atoms with Crippen LogP contribution in [0.2, 0.25) is 0 Å². The second kappa shape index (κ2) is 6.85. The Morgan fingerprint density at radius 1 is 1.32 bits per heavy atom. The van der Waals surface area contributed by atoms with Crippen LogP contribution in [0.4, 0.5) is 0 Å². The van der Waals surface area contributed by atoms with Crippen LogP contribution < -0.4 is 4.80 Å². The molecule has 0 saturated heterocycles. The summed E-state index contributed by atoms with van der Waals surface area (Å²) in [6.45, 7) is 7.85. The molecule has 4 nitrogen and oxygen atoms in total. The van der Waals surface area contributed by atoms with E-state index in [0.29, 0.717) is 16.4 Å². The van der Waals surface area contributed by atoms with Gasteiger partial charge >= 0.3 is 0 Å². The van der Waals surface area contributed by atoms with Gasteiger partial charge in [-0.2, -0.15) is 0 Å². The molecule has 1 heterocycles. The Morgan fingerprint density at radius 2 is 1.95 bits per heavy atom. The maximum absolute atomic E-state index is 13.0. The highest BCUT2D eigenvalue weighted by atomic mass is 32.2. The number of aryl methyl sites for hydroxylation is 2. The molecule has 22 heavy (non-hydrogen) atoms. The van der Waals surface area contributed by atoms with Crippen LogP contribution in [-0.4, -0.2) is 25.2 Å². The molecular weight excluding hydrogens is 336 g/mol. The van der Waals surface area contributed by atoms with Gasteiger partial charge < -0.3 is 0 Å². The summed E-state index contributed by atoms with van der Waals surface area (Å²) in [4.78, 5) is 6.01. The lowest BCUT2D eigenvalue weighted by Crippen LogP contribution is -2.25. The van der Waals surface area contributed by atoms with Crippen molar-refractivity contribution in [2.75, 3.05) is 12.8 Å². The SMILES string of the molecule is C=CCN=c1sc(C)c(SC)n1S(=O)(=O)c1ccc(C)cc1. The van der Waals surface area contributed by atoms with Crippen LogP contribution in [0.15, 0.2) is 51.8 Å². The Balaban J connectivity index is 2.74. The quantitative estimate of drug-likeness (QED) is 0.612. The molecule has 0 saturated carbocycles. The number of nitrogens with zero attached hydrogens (tertiary/aromatic N) is 2. The normalized spacial score (nSPS) is 12.6. The molecule has 0 fully saturated rings. The van der Waals surface area contributed by atoms with Gasteiger partial charge in [-0.3, -0.25) is 4.99 Å². The van der Waals surface area contributed by atoms with Crippen molar-refractivity contribution in [3.63, 3.8) is 0 Å². The third-order valence-electron chi connectivity index (χ3n) is 3.01. The van der Waals surface area contributed by atoms with Gasteiger partial charge in [0, 0.05) is 4.88 Å². The van der Waals surface area contributed by atoms with Crippen molar-refractivity contribution in [3.05, 3.63) is 52.2 Å². The average molecular weight is 355 g/mol. The predicted molar refractivity (Wildman–Crippen MR) is 93.2 cm³/mol. The Bertz CT molecular complexity index is 844. The molecule has 118 valence electrons. The predicted octanol–water partition coefficient (Wildman–Crippen LogP) is 3.21. The fraction of sp³-hybridized carbons (Fsp3) is 0.267. The maximum atomic E-state index is 13.0. The lowest BCUT2D eigenvalue weighted by Gasteiger charge is -2.09. The molecule has 0 N–H and O–H groups in total. The zero-order valence-electron chi connectivity index (χ0n) is 12.7. The van der Waals surface area contributed by atoms with E-state index in [2.05, 4.69) is 11.6 Å². The fourth-order valence-electron chi connectivity index (χ4n) is 1.95. The van der Waals surface area contributed by atoms with E-state index in [1.54, 1.807) is 30.3 Å². The smallest absolute Gasteiger partial charge is 0.254 e. The van der Waals surface area contributed by atoms with Crippen LogP contribution in [0.5, 0.6) is 0 Å². The molecule has 0 spiro atoms. The molecule has 1 aromatic heterocycles. The van der Waals surface area contributed by atoms with Gasteiger partial charge in [-0.1, -0.05) is 23.8 Å². The Labute approximate surface area is 139 Å². The van der Waals surface area contributed by atoms with E-state index < -0.39 is 10.0 Å². The van der Waals surface area contributed by atoms with Crippen LogP contribution in [0.1, 0.15) is 10.4 Å². The molecule has 2 aromatic rings. The number of hydrogen-bond acceptors (Lipinski definition) is 5. The van der Waals surface area contributed by atoms with Crippen LogP contribution in [0, 0.1) is 13.8 Å². The number of aromatic nitrogens is 1. The number of thioether (sulfide) groups is 1. The van der Waals surface area contributed by atoms with Crippen LogP contribution in [0.3, 0.4) is 0 Å². The first-order valence-electron chi connectivity index (χ1n) is 6.62. The number of hydrogen-bond donors (Lipinski definition) is 0. The summed E-state index contributed by atoms with van der Waals surface area (Å²) in [7, 11) is -3.66. The summed E-state index contributed by atoms with van der Waals surface area (Å²) < 4.78 is 27.3. The lowest BCUT2D eigenvalue weighted by atomic mass is 10.2. The molecule has 0 aliphatic carbocycles. The topological polar surface area (TPSA) is 51.4 Å². The van der Waals surface area contributed by atoms with Crippen molar-refractivity contribution in [3.8, 4) is 0 Å². The largest absolute Gasteiger partial charge is 0.270 e. The third-order valence-corrected chi connectivity index (χ3v) is 6.95. The molecule has 0 amide bonds. The molecule has 0 radical (unpaired) electrons. The molecule has 0 unspecified atom stereocenters. The highest BCUT2D eigenvalue weighted by molar-refractivity contribution is 7.99. The van der Waals surface area contributed by atoms with Gasteiger partial charge in [0.1, 0.15) is 5.03 Å². The van der Waals surface area contributed by atoms with Crippen molar-refractivity contribution in [1.82, 2.24) is 3.97 Å². The molecule has 7 heteroatoms. The second-order valence-electron chi connectivity index (χ2n) is 4.66. The highest BCUT2D eigenvalue weighted by Gasteiger charge is 2.23. The zero-order chi connectivity index (χ0) is 16.3. The van der Waals surface area contributed by atoms with Crippen LogP contribution in [0.25, 0.3) is 0 Å². The standard InChI is InChI=1S/C15H18N2O2S3/c1-5-10-16-15-17(14(20-4)12(3)21-15)22(18,19)13-8-6-11(2)7-9-13/h5-9H,1,10H2,2-4H3. The lowest BCUT2D eigenvalue weighted by molar-refractivity contribution is 0.580. The molecule has 0 aliphatic heterocycles. The second-order valence-corrected chi connectivity index (χ2v) is 8.43. The van der Waals surface area contributed by atoms with Crippen molar-refractivity contribution < 1.29 is 8.42 Å². The van der Waals surface area contributed by atoms with Crippen molar-refractivity contribution >= 4 is 33.1 Å². The average Bonchev–Trinajstić information content (AvgIpc) is 2.82. The Hall–Kier alpha value is -1.31. The number of benzene rings is 1. The number of rotatable bonds is 5. The van der Waals surface area contributed by atoms with E-state index in [-0.39, 0.29) is 4.90 Å². The first kappa shape index (κ1) is 17.1.